The first-order valence-corrected chi connectivity index (χ1v) is 8.77. The van der Waals surface area contributed by atoms with Crippen LogP contribution in [-0.4, -0.2) is 24.0 Å². The van der Waals surface area contributed by atoms with Crippen molar-refractivity contribution in [1.82, 2.24) is 0 Å². The second-order valence-electron chi connectivity index (χ2n) is 5.64. The molecule has 0 bridgehead atoms. The summed E-state index contributed by atoms with van der Waals surface area (Å²) in [6.07, 6.45) is 2.17. The third kappa shape index (κ3) is 3.17. The maximum absolute atomic E-state index is 12.1. The van der Waals surface area contributed by atoms with Gasteiger partial charge < -0.3 is 9.84 Å². The van der Waals surface area contributed by atoms with Gasteiger partial charge in [0, 0.05) is 28.2 Å². The van der Waals surface area contributed by atoms with Crippen LogP contribution in [-0.2, 0) is 16.9 Å². The molecule has 124 valence electrons. The molecule has 0 heterocycles. The van der Waals surface area contributed by atoms with Crippen molar-refractivity contribution in [3.8, 4) is 5.75 Å². The van der Waals surface area contributed by atoms with E-state index in [0.717, 1.165) is 34.4 Å². The Morgan fingerprint density at radius 2 is 2.00 bits per heavy atom. The van der Waals surface area contributed by atoms with Gasteiger partial charge in [0.25, 0.3) is 0 Å². The molecule has 0 fully saturated rings. The lowest BCUT2D eigenvalue weighted by Crippen LogP contribution is -2.13. The highest BCUT2D eigenvalue weighted by Crippen LogP contribution is 2.36. The fourth-order valence-electron chi connectivity index (χ4n) is 2.97. The molecular formula is C19H18O4S. The van der Waals surface area contributed by atoms with Crippen LogP contribution in [0.25, 0.3) is 0 Å². The standard InChI is InChI=1S/C19H18O4S/c1-23-19(22)14-5-2-3-8-18(14)24-11-15-12-6-4-7-16(20)13(12)9-10-17(15)21/h2-3,5,8-10,21H,4,6-7,11H2,1H3. The molecule has 2 aromatic carbocycles. The topological polar surface area (TPSA) is 63.6 Å². The molecule has 0 amide bonds. The van der Waals surface area contributed by atoms with Crippen LogP contribution in [0.5, 0.6) is 5.75 Å². The molecule has 0 saturated carbocycles. The molecule has 4 nitrogen and oxygen atoms in total. The molecule has 3 rings (SSSR count). The van der Waals surface area contributed by atoms with E-state index >= 15 is 0 Å². The quantitative estimate of drug-likeness (QED) is 0.672. The second-order valence-corrected chi connectivity index (χ2v) is 6.66. The minimum Gasteiger partial charge on any atom is -0.508 e. The fourth-order valence-corrected chi connectivity index (χ4v) is 4.07. The highest BCUT2D eigenvalue weighted by atomic mass is 32.2. The van der Waals surface area contributed by atoms with Crippen molar-refractivity contribution in [2.45, 2.75) is 29.9 Å². The highest BCUT2D eigenvalue weighted by Gasteiger charge is 2.22. The lowest BCUT2D eigenvalue weighted by atomic mass is 9.87. The van der Waals surface area contributed by atoms with Gasteiger partial charge >= 0.3 is 5.97 Å². The number of thioether (sulfide) groups is 1. The lowest BCUT2D eigenvalue weighted by Gasteiger charge is -2.19. The van der Waals surface area contributed by atoms with Crippen molar-refractivity contribution in [3.05, 3.63) is 58.7 Å². The summed E-state index contributed by atoms with van der Waals surface area (Å²) in [4.78, 5) is 24.7. The number of ketones is 1. The van der Waals surface area contributed by atoms with Gasteiger partial charge in [-0.1, -0.05) is 12.1 Å². The van der Waals surface area contributed by atoms with Gasteiger partial charge in [0.15, 0.2) is 5.78 Å². The summed E-state index contributed by atoms with van der Waals surface area (Å²) in [6, 6.07) is 10.5. The van der Waals surface area contributed by atoms with Gasteiger partial charge in [-0.25, -0.2) is 4.79 Å². The molecular weight excluding hydrogens is 324 g/mol. The molecule has 0 atom stereocenters. The molecule has 0 aromatic heterocycles. The number of hydrogen-bond acceptors (Lipinski definition) is 5. The number of fused-ring (bicyclic) bond motifs is 1. The van der Waals surface area contributed by atoms with E-state index in [4.69, 9.17) is 4.74 Å². The number of carbonyl (C=O) groups excluding carboxylic acids is 2. The minimum absolute atomic E-state index is 0.137. The Labute approximate surface area is 144 Å². The number of esters is 1. The van der Waals surface area contributed by atoms with Crippen LogP contribution in [0.3, 0.4) is 0 Å². The summed E-state index contributed by atoms with van der Waals surface area (Å²) in [5.41, 5.74) is 2.95. The molecule has 1 aliphatic rings. The number of aromatic hydroxyl groups is 1. The largest absolute Gasteiger partial charge is 0.508 e. The summed E-state index contributed by atoms with van der Waals surface area (Å²) in [6.45, 7) is 0. The number of ether oxygens (including phenoxy) is 1. The van der Waals surface area contributed by atoms with Crippen LogP contribution in [0.1, 0.15) is 44.7 Å². The van der Waals surface area contributed by atoms with Gasteiger partial charge in [-0.05, 0) is 42.7 Å². The Morgan fingerprint density at radius 3 is 2.79 bits per heavy atom. The smallest absolute Gasteiger partial charge is 0.338 e. The van der Waals surface area contributed by atoms with Crippen molar-refractivity contribution < 1.29 is 19.4 Å². The molecule has 2 aromatic rings. The Kier molecular flexibility index (Phi) is 4.90. The number of rotatable bonds is 4. The monoisotopic (exact) mass is 342 g/mol. The van der Waals surface area contributed by atoms with E-state index in [0.29, 0.717) is 17.7 Å². The first kappa shape index (κ1) is 16.6. The average molecular weight is 342 g/mol. The maximum atomic E-state index is 12.1. The van der Waals surface area contributed by atoms with Crippen LogP contribution in [0.4, 0.5) is 0 Å². The van der Waals surface area contributed by atoms with Crippen molar-refractivity contribution in [2.24, 2.45) is 0 Å². The van der Waals surface area contributed by atoms with E-state index in [2.05, 4.69) is 0 Å². The second kappa shape index (κ2) is 7.09. The van der Waals surface area contributed by atoms with Gasteiger partial charge in [-0.15, -0.1) is 11.8 Å². The molecule has 1 aliphatic carbocycles. The Morgan fingerprint density at radius 1 is 1.21 bits per heavy atom. The molecule has 0 radical (unpaired) electrons. The van der Waals surface area contributed by atoms with Crippen LogP contribution in [0.2, 0.25) is 0 Å². The van der Waals surface area contributed by atoms with Gasteiger partial charge in [0.05, 0.1) is 12.7 Å². The number of carbonyl (C=O) groups is 2. The van der Waals surface area contributed by atoms with Crippen molar-refractivity contribution >= 4 is 23.5 Å². The van der Waals surface area contributed by atoms with Crippen molar-refractivity contribution in [1.29, 1.82) is 0 Å². The lowest BCUT2D eigenvalue weighted by molar-refractivity contribution is 0.0596. The number of phenolic OH excluding ortho intramolecular Hbond substituents is 1. The summed E-state index contributed by atoms with van der Waals surface area (Å²) in [5, 5.41) is 10.2. The van der Waals surface area contributed by atoms with E-state index in [-0.39, 0.29) is 17.5 Å². The first-order valence-electron chi connectivity index (χ1n) is 7.79. The maximum Gasteiger partial charge on any atom is 0.338 e. The predicted octanol–water partition coefficient (Wildman–Crippen LogP) is 3.99. The summed E-state index contributed by atoms with van der Waals surface area (Å²) < 4.78 is 4.81. The zero-order valence-corrected chi connectivity index (χ0v) is 14.2. The molecule has 0 unspecified atom stereocenters. The fraction of sp³-hybridized carbons (Fsp3) is 0.263. The van der Waals surface area contributed by atoms with Crippen molar-refractivity contribution in [3.63, 3.8) is 0 Å². The SMILES string of the molecule is COC(=O)c1ccccc1SCc1c(O)ccc2c1CCCC2=O. The van der Waals surface area contributed by atoms with Gasteiger partial charge in [0.2, 0.25) is 0 Å². The van der Waals surface area contributed by atoms with E-state index < -0.39 is 0 Å². The number of Topliss-reactive ketones (excluding diaryl/α,β-unsaturated/α-hetero) is 1. The van der Waals surface area contributed by atoms with Crippen LogP contribution >= 0.6 is 11.8 Å². The molecule has 5 heteroatoms. The third-order valence-electron chi connectivity index (χ3n) is 4.20. The molecule has 1 N–H and O–H groups in total. The van der Waals surface area contributed by atoms with Gasteiger partial charge in [0.1, 0.15) is 5.75 Å². The highest BCUT2D eigenvalue weighted by molar-refractivity contribution is 7.98. The van der Waals surface area contributed by atoms with E-state index in [1.54, 1.807) is 24.3 Å². The number of phenols is 1. The third-order valence-corrected chi connectivity index (χ3v) is 5.30. The first-order chi connectivity index (χ1) is 11.6. The summed E-state index contributed by atoms with van der Waals surface area (Å²) in [5.74, 6) is 0.451. The van der Waals surface area contributed by atoms with E-state index in [1.165, 1.54) is 18.9 Å². The normalized spacial score (nSPS) is 13.5. The van der Waals surface area contributed by atoms with Gasteiger partial charge in [-0.2, -0.15) is 0 Å². The van der Waals surface area contributed by atoms with Gasteiger partial charge in [-0.3, -0.25) is 4.79 Å². The number of benzene rings is 2. The molecule has 24 heavy (non-hydrogen) atoms. The van der Waals surface area contributed by atoms with Crippen molar-refractivity contribution in [2.75, 3.05) is 7.11 Å². The zero-order valence-electron chi connectivity index (χ0n) is 13.4. The van der Waals surface area contributed by atoms with Crippen LogP contribution in [0.15, 0.2) is 41.3 Å². The molecule has 0 saturated heterocycles. The number of methoxy groups -OCH3 is 1. The van der Waals surface area contributed by atoms with Crippen LogP contribution < -0.4 is 0 Å². The van der Waals surface area contributed by atoms with E-state index in [9.17, 15) is 14.7 Å². The molecule has 0 spiro atoms. The Hall–Kier alpha value is -2.27. The van der Waals surface area contributed by atoms with Crippen LogP contribution in [0, 0.1) is 0 Å². The predicted molar refractivity (Wildman–Crippen MR) is 92.7 cm³/mol. The molecule has 0 aliphatic heterocycles. The van der Waals surface area contributed by atoms with E-state index in [1.807, 2.05) is 12.1 Å². The number of hydrogen-bond donors (Lipinski definition) is 1. The minimum atomic E-state index is -0.382. The zero-order chi connectivity index (χ0) is 17.1. The Bertz CT molecular complexity index is 798. The summed E-state index contributed by atoms with van der Waals surface area (Å²) in [7, 11) is 1.36. The average Bonchev–Trinajstić information content (AvgIpc) is 2.60. The Balaban J connectivity index is 1.90. The summed E-state index contributed by atoms with van der Waals surface area (Å²) >= 11 is 1.46.